The van der Waals surface area contributed by atoms with Crippen LogP contribution in [0.25, 0.3) is 0 Å². The van der Waals surface area contributed by atoms with Crippen molar-refractivity contribution in [2.24, 2.45) is 5.92 Å². The van der Waals surface area contributed by atoms with Gasteiger partial charge in [-0.1, -0.05) is 0 Å². The Labute approximate surface area is 88.0 Å². The molecule has 2 heterocycles. The molecular formula is C9H15N3OS. The molecule has 5 heteroatoms. The van der Waals surface area contributed by atoms with Gasteiger partial charge in [0.25, 0.3) is 0 Å². The lowest BCUT2D eigenvalue weighted by molar-refractivity contribution is 0.105. The summed E-state index contributed by atoms with van der Waals surface area (Å²) in [5.41, 5.74) is 1.08. The van der Waals surface area contributed by atoms with Crippen LogP contribution in [0.2, 0.25) is 0 Å². The SMILES string of the molecule is CNC1COC(C)C1Cc1cnsn1. The third-order valence-electron chi connectivity index (χ3n) is 2.88. The van der Waals surface area contributed by atoms with E-state index in [-0.39, 0.29) is 0 Å². The van der Waals surface area contributed by atoms with Gasteiger partial charge in [0.05, 0.1) is 36.3 Å². The van der Waals surface area contributed by atoms with Gasteiger partial charge in [-0.2, -0.15) is 8.75 Å². The first-order valence-corrected chi connectivity index (χ1v) is 5.59. The molecular weight excluding hydrogens is 198 g/mol. The Bertz CT molecular complexity index is 278. The molecule has 14 heavy (non-hydrogen) atoms. The van der Waals surface area contributed by atoms with Crippen LogP contribution in [-0.4, -0.2) is 34.5 Å². The summed E-state index contributed by atoms with van der Waals surface area (Å²) in [6.45, 7) is 2.93. The third-order valence-corrected chi connectivity index (χ3v) is 3.40. The number of rotatable bonds is 3. The number of aromatic nitrogens is 2. The fourth-order valence-electron chi connectivity index (χ4n) is 1.95. The summed E-state index contributed by atoms with van der Waals surface area (Å²) in [6, 6.07) is 0.451. The van der Waals surface area contributed by atoms with Gasteiger partial charge in [-0.05, 0) is 20.4 Å². The first-order chi connectivity index (χ1) is 6.81. The summed E-state index contributed by atoms with van der Waals surface area (Å²) in [6.07, 6.45) is 3.13. The molecule has 0 bridgehead atoms. The average Bonchev–Trinajstić information content (AvgIpc) is 2.79. The van der Waals surface area contributed by atoms with Crippen LogP contribution in [-0.2, 0) is 11.2 Å². The van der Waals surface area contributed by atoms with Crippen molar-refractivity contribution in [3.8, 4) is 0 Å². The Balaban J connectivity index is 2.01. The van der Waals surface area contributed by atoms with E-state index in [1.807, 2.05) is 13.2 Å². The van der Waals surface area contributed by atoms with Gasteiger partial charge in [0.1, 0.15) is 0 Å². The molecule has 1 aliphatic rings. The fraction of sp³-hybridized carbons (Fsp3) is 0.778. The average molecular weight is 213 g/mol. The van der Waals surface area contributed by atoms with E-state index < -0.39 is 0 Å². The molecule has 1 aromatic rings. The molecule has 0 spiro atoms. The van der Waals surface area contributed by atoms with Crippen LogP contribution in [0.3, 0.4) is 0 Å². The maximum atomic E-state index is 5.61. The highest BCUT2D eigenvalue weighted by Crippen LogP contribution is 2.24. The molecule has 1 saturated heterocycles. The van der Waals surface area contributed by atoms with Gasteiger partial charge in [0.2, 0.25) is 0 Å². The van der Waals surface area contributed by atoms with E-state index in [0.717, 1.165) is 18.7 Å². The number of hydrogen-bond acceptors (Lipinski definition) is 5. The number of nitrogens with one attached hydrogen (secondary N) is 1. The molecule has 0 radical (unpaired) electrons. The molecule has 3 unspecified atom stereocenters. The summed E-state index contributed by atoms with van der Waals surface area (Å²) < 4.78 is 13.9. The molecule has 0 saturated carbocycles. The lowest BCUT2D eigenvalue weighted by atomic mass is 9.93. The van der Waals surface area contributed by atoms with Crippen molar-refractivity contribution in [3.63, 3.8) is 0 Å². The smallest absolute Gasteiger partial charge is 0.0747 e. The van der Waals surface area contributed by atoms with Crippen molar-refractivity contribution in [2.75, 3.05) is 13.7 Å². The van der Waals surface area contributed by atoms with Crippen LogP contribution in [0, 0.1) is 5.92 Å². The Morgan fingerprint density at radius 2 is 2.57 bits per heavy atom. The molecule has 0 aliphatic carbocycles. The molecule has 4 nitrogen and oxygen atoms in total. The predicted molar refractivity (Wildman–Crippen MR) is 55.4 cm³/mol. The molecule has 1 fully saturated rings. The third kappa shape index (κ3) is 1.94. The Morgan fingerprint density at radius 1 is 1.71 bits per heavy atom. The first kappa shape index (κ1) is 10.0. The molecule has 3 atom stereocenters. The van der Waals surface area contributed by atoms with Crippen molar-refractivity contribution >= 4 is 11.7 Å². The summed E-state index contributed by atoms with van der Waals surface area (Å²) in [5.74, 6) is 0.517. The predicted octanol–water partition coefficient (Wildman–Crippen LogP) is 0.703. The highest BCUT2D eigenvalue weighted by molar-refractivity contribution is 6.99. The lowest BCUT2D eigenvalue weighted by Gasteiger charge is -2.18. The molecule has 0 amide bonds. The fourth-order valence-corrected chi connectivity index (χ4v) is 2.39. The minimum absolute atomic E-state index is 0.314. The maximum Gasteiger partial charge on any atom is 0.0747 e. The number of hydrogen-bond donors (Lipinski definition) is 1. The van der Waals surface area contributed by atoms with E-state index in [0.29, 0.717) is 18.1 Å². The van der Waals surface area contributed by atoms with E-state index in [2.05, 4.69) is 21.0 Å². The van der Waals surface area contributed by atoms with Gasteiger partial charge in [0.15, 0.2) is 0 Å². The molecule has 0 aromatic carbocycles. The second-order valence-electron chi connectivity index (χ2n) is 3.70. The molecule has 1 aromatic heterocycles. The lowest BCUT2D eigenvalue weighted by Crippen LogP contribution is -2.35. The number of ether oxygens (including phenoxy) is 1. The van der Waals surface area contributed by atoms with E-state index >= 15 is 0 Å². The van der Waals surface area contributed by atoms with E-state index in [1.54, 1.807) is 0 Å². The summed E-state index contributed by atoms with van der Waals surface area (Å²) >= 11 is 1.27. The van der Waals surface area contributed by atoms with Gasteiger partial charge >= 0.3 is 0 Å². The van der Waals surface area contributed by atoms with E-state index in [4.69, 9.17) is 4.74 Å². The summed E-state index contributed by atoms with van der Waals surface area (Å²) in [4.78, 5) is 0. The minimum atomic E-state index is 0.314. The molecule has 2 rings (SSSR count). The van der Waals surface area contributed by atoms with E-state index in [1.165, 1.54) is 11.7 Å². The van der Waals surface area contributed by atoms with E-state index in [9.17, 15) is 0 Å². The topological polar surface area (TPSA) is 47.0 Å². The van der Waals surface area contributed by atoms with Crippen LogP contribution in [0.1, 0.15) is 12.6 Å². The van der Waals surface area contributed by atoms with Crippen LogP contribution in [0.5, 0.6) is 0 Å². The van der Waals surface area contributed by atoms with Crippen molar-refractivity contribution in [1.82, 2.24) is 14.1 Å². The Hall–Kier alpha value is -0.520. The van der Waals surface area contributed by atoms with Gasteiger partial charge in [0, 0.05) is 12.0 Å². The summed E-state index contributed by atoms with van der Waals surface area (Å²) in [7, 11) is 1.98. The Kier molecular flexibility index (Phi) is 3.10. The number of likely N-dealkylation sites (N-methyl/N-ethyl adjacent to an activating group) is 1. The molecule has 1 N–H and O–H groups in total. The normalized spacial score (nSPS) is 32.3. The van der Waals surface area contributed by atoms with Crippen molar-refractivity contribution in [1.29, 1.82) is 0 Å². The standard InChI is InChI=1S/C9H15N3OS/c1-6-8(9(10-2)5-13-6)3-7-4-11-14-12-7/h4,6,8-10H,3,5H2,1-2H3. The zero-order valence-corrected chi connectivity index (χ0v) is 9.25. The van der Waals surface area contributed by atoms with Crippen molar-refractivity contribution in [3.05, 3.63) is 11.9 Å². The maximum absolute atomic E-state index is 5.61. The molecule has 1 aliphatic heterocycles. The zero-order chi connectivity index (χ0) is 9.97. The van der Waals surface area contributed by atoms with Crippen molar-refractivity contribution in [2.45, 2.75) is 25.5 Å². The second kappa shape index (κ2) is 4.33. The zero-order valence-electron chi connectivity index (χ0n) is 8.43. The largest absolute Gasteiger partial charge is 0.377 e. The van der Waals surface area contributed by atoms with Gasteiger partial charge in [-0.15, -0.1) is 0 Å². The number of nitrogens with zero attached hydrogens (tertiary/aromatic N) is 2. The van der Waals surface area contributed by atoms with Gasteiger partial charge in [-0.25, -0.2) is 0 Å². The first-order valence-electron chi connectivity index (χ1n) is 4.86. The quantitative estimate of drug-likeness (QED) is 0.803. The summed E-state index contributed by atoms with van der Waals surface area (Å²) in [5, 5.41) is 3.29. The van der Waals surface area contributed by atoms with Gasteiger partial charge < -0.3 is 10.1 Å². The minimum Gasteiger partial charge on any atom is -0.377 e. The van der Waals surface area contributed by atoms with Gasteiger partial charge in [-0.3, -0.25) is 0 Å². The highest BCUT2D eigenvalue weighted by Gasteiger charge is 2.33. The van der Waals surface area contributed by atoms with Crippen LogP contribution in [0.4, 0.5) is 0 Å². The Morgan fingerprint density at radius 3 is 3.21 bits per heavy atom. The highest BCUT2D eigenvalue weighted by atomic mass is 32.1. The monoisotopic (exact) mass is 213 g/mol. The van der Waals surface area contributed by atoms with Crippen LogP contribution in [0.15, 0.2) is 6.20 Å². The van der Waals surface area contributed by atoms with Crippen LogP contribution >= 0.6 is 11.7 Å². The van der Waals surface area contributed by atoms with Crippen molar-refractivity contribution < 1.29 is 4.74 Å². The second-order valence-corrected chi connectivity index (χ2v) is 4.26. The van der Waals surface area contributed by atoms with Crippen LogP contribution < -0.4 is 5.32 Å². The molecule has 78 valence electrons.